The minimum atomic E-state index is -0.549. The maximum absolute atomic E-state index is 13.7. The molecule has 0 saturated heterocycles. The summed E-state index contributed by atoms with van der Waals surface area (Å²) >= 11 is 0. The van der Waals surface area contributed by atoms with Crippen molar-refractivity contribution in [2.24, 2.45) is 5.92 Å². The molecule has 0 amide bonds. The van der Waals surface area contributed by atoms with Crippen molar-refractivity contribution in [3.05, 3.63) is 35.4 Å². The van der Waals surface area contributed by atoms with Gasteiger partial charge in [-0.15, -0.1) is 0 Å². The lowest BCUT2D eigenvalue weighted by atomic mass is 9.87. The van der Waals surface area contributed by atoms with Gasteiger partial charge in [0.15, 0.2) is 5.79 Å². The molecule has 2 nitrogen and oxygen atoms in total. The summed E-state index contributed by atoms with van der Waals surface area (Å²) < 4.78 is 38.1. The van der Waals surface area contributed by atoms with E-state index in [9.17, 15) is 8.78 Å². The second-order valence-corrected chi connectivity index (χ2v) is 8.01. The zero-order valence-corrected chi connectivity index (χ0v) is 18.4. The lowest BCUT2D eigenvalue weighted by Crippen LogP contribution is -2.39. The lowest BCUT2D eigenvalue weighted by molar-refractivity contribution is -0.230. The molecule has 28 heavy (non-hydrogen) atoms. The van der Waals surface area contributed by atoms with Crippen molar-refractivity contribution in [1.29, 1.82) is 0 Å². The van der Waals surface area contributed by atoms with Crippen molar-refractivity contribution in [3.8, 4) is 0 Å². The Labute approximate surface area is 171 Å². The zero-order valence-electron chi connectivity index (χ0n) is 18.4. The molecule has 0 heterocycles. The second-order valence-electron chi connectivity index (χ2n) is 8.01. The van der Waals surface area contributed by atoms with E-state index in [-0.39, 0.29) is 0 Å². The molecule has 162 valence electrons. The molecular weight excluding hydrogens is 358 g/mol. The van der Waals surface area contributed by atoms with E-state index in [0.29, 0.717) is 17.9 Å². The third-order valence-corrected chi connectivity index (χ3v) is 5.97. The fourth-order valence-electron chi connectivity index (χ4n) is 3.86. The van der Waals surface area contributed by atoms with E-state index < -0.39 is 17.4 Å². The number of unbranched alkanes of at least 4 members (excludes halogenated alkanes) is 7. The molecule has 0 aliphatic carbocycles. The normalized spacial score (nSPS) is 13.1. The zero-order chi connectivity index (χ0) is 20.8. The number of aryl methyl sites for hydroxylation is 1. The summed E-state index contributed by atoms with van der Waals surface area (Å²) in [6.45, 7) is 4.27. The van der Waals surface area contributed by atoms with Crippen LogP contribution >= 0.6 is 0 Å². The SMILES string of the molecule is CCCCCCCCC(CCCCCc1ccc(F)cc1F)C(C)(OC)OC. The van der Waals surface area contributed by atoms with E-state index in [0.717, 1.165) is 38.2 Å². The fourth-order valence-corrected chi connectivity index (χ4v) is 3.86. The van der Waals surface area contributed by atoms with Crippen LogP contribution in [0.3, 0.4) is 0 Å². The van der Waals surface area contributed by atoms with Crippen molar-refractivity contribution in [3.63, 3.8) is 0 Å². The summed E-state index contributed by atoms with van der Waals surface area (Å²) in [5.74, 6) is -1.15. The van der Waals surface area contributed by atoms with Gasteiger partial charge in [0.1, 0.15) is 11.6 Å². The average Bonchev–Trinajstić information content (AvgIpc) is 2.69. The van der Waals surface area contributed by atoms with Crippen LogP contribution in [-0.2, 0) is 15.9 Å². The summed E-state index contributed by atoms with van der Waals surface area (Å²) in [6, 6.07) is 3.85. The van der Waals surface area contributed by atoms with E-state index in [4.69, 9.17) is 9.47 Å². The highest BCUT2D eigenvalue weighted by molar-refractivity contribution is 5.18. The number of halogens is 2. The van der Waals surface area contributed by atoms with Gasteiger partial charge in [0.25, 0.3) is 0 Å². The van der Waals surface area contributed by atoms with Crippen LogP contribution < -0.4 is 0 Å². The van der Waals surface area contributed by atoms with Crippen molar-refractivity contribution >= 4 is 0 Å². The van der Waals surface area contributed by atoms with Gasteiger partial charge in [-0.25, -0.2) is 8.78 Å². The minimum Gasteiger partial charge on any atom is -0.353 e. The monoisotopic (exact) mass is 398 g/mol. The standard InChI is InChI=1S/C24H40F2O2/c1-5-6-7-8-9-12-15-21(24(2,27-3)28-4)16-13-10-11-14-20-17-18-22(25)19-23(20)26/h17-19,21H,5-16H2,1-4H3. The maximum atomic E-state index is 13.7. The van der Waals surface area contributed by atoms with Gasteiger partial charge < -0.3 is 9.47 Å². The van der Waals surface area contributed by atoms with Crippen LogP contribution in [0.15, 0.2) is 18.2 Å². The van der Waals surface area contributed by atoms with Gasteiger partial charge in [-0.1, -0.05) is 64.4 Å². The molecule has 1 aromatic carbocycles. The van der Waals surface area contributed by atoms with E-state index >= 15 is 0 Å². The predicted octanol–water partition coefficient (Wildman–Crippen LogP) is 7.44. The molecule has 1 unspecified atom stereocenters. The molecule has 0 radical (unpaired) electrons. The molecule has 4 heteroatoms. The van der Waals surface area contributed by atoms with Crippen LogP contribution in [0.4, 0.5) is 8.78 Å². The Morgan fingerprint density at radius 2 is 1.43 bits per heavy atom. The van der Waals surface area contributed by atoms with Crippen LogP contribution in [0.25, 0.3) is 0 Å². The first-order chi connectivity index (χ1) is 13.5. The summed E-state index contributed by atoms with van der Waals surface area (Å²) in [6.07, 6.45) is 13.5. The number of hydrogen-bond donors (Lipinski definition) is 0. The first kappa shape index (κ1) is 25.0. The number of methoxy groups -OCH3 is 2. The Hall–Kier alpha value is -1.00. The van der Waals surface area contributed by atoms with Crippen molar-refractivity contribution in [2.45, 2.75) is 96.7 Å². The minimum absolute atomic E-state index is 0.358. The smallest absolute Gasteiger partial charge is 0.167 e. The molecule has 0 aliphatic rings. The molecule has 1 aromatic rings. The Kier molecular flexibility index (Phi) is 12.6. The Morgan fingerprint density at radius 1 is 0.857 bits per heavy atom. The number of ether oxygens (including phenoxy) is 2. The highest BCUT2D eigenvalue weighted by atomic mass is 19.1. The van der Waals surface area contributed by atoms with Gasteiger partial charge in [0, 0.05) is 26.2 Å². The Bertz CT molecular complexity index is 529. The Balaban J connectivity index is 2.39. The summed E-state index contributed by atoms with van der Waals surface area (Å²) in [5.41, 5.74) is 0.601. The van der Waals surface area contributed by atoms with Gasteiger partial charge in [0.2, 0.25) is 0 Å². The van der Waals surface area contributed by atoms with Gasteiger partial charge in [-0.2, -0.15) is 0 Å². The van der Waals surface area contributed by atoms with E-state index in [2.05, 4.69) is 6.92 Å². The molecule has 0 aliphatic heterocycles. The highest BCUT2D eigenvalue weighted by Crippen LogP contribution is 2.32. The Morgan fingerprint density at radius 3 is 2.00 bits per heavy atom. The molecule has 0 bridgehead atoms. The highest BCUT2D eigenvalue weighted by Gasteiger charge is 2.33. The molecule has 0 N–H and O–H groups in total. The second kappa shape index (κ2) is 14.1. The third kappa shape index (κ3) is 9.00. The van der Waals surface area contributed by atoms with Crippen molar-refractivity contribution < 1.29 is 18.3 Å². The first-order valence-electron chi connectivity index (χ1n) is 11.0. The first-order valence-corrected chi connectivity index (χ1v) is 11.0. The average molecular weight is 399 g/mol. The van der Waals surface area contributed by atoms with Crippen LogP contribution in [-0.4, -0.2) is 20.0 Å². The van der Waals surface area contributed by atoms with E-state index in [1.54, 1.807) is 20.3 Å². The molecule has 0 fully saturated rings. The van der Waals surface area contributed by atoms with Crippen LogP contribution in [0, 0.1) is 17.6 Å². The molecule has 0 spiro atoms. The largest absolute Gasteiger partial charge is 0.353 e. The van der Waals surface area contributed by atoms with Crippen LogP contribution in [0.1, 0.15) is 90.0 Å². The third-order valence-electron chi connectivity index (χ3n) is 5.97. The summed E-state index contributed by atoms with van der Waals surface area (Å²) in [4.78, 5) is 0. The fraction of sp³-hybridized carbons (Fsp3) is 0.750. The number of rotatable bonds is 16. The predicted molar refractivity (Wildman–Crippen MR) is 112 cm³/mol. The van der Waals surface area contributed by atoms with E-state index in [1.165, 1.54) is 44.6 Å². The molecule has 0 saturated carbocycles. The molecule has 1 atom stereocenters. The summed E-state index contributed by atoms with van der Waals surface area (Å²) in [7, 11) is 3.43. The number of benzene rings is 1. The van der Waals surface area contributed by atoms with Crippen LogP contribution in [0.2, 0.25) is 0 Å². The van der Waals surface area contributed by atoms with Crippen molar-refractivity contribution in [1.82, 2.24) is 0 Å². The quantitative estimate of drug-likeness (QED) is 0.213. The molecular formula is C24H40F2O2. The topological polar surface area (TPSA) is 18.5 Å². The van der Waals surface area contributed by atoms with Crippen molar-refractivity contribution in [2.75, 3.05) is 14.2 Å². The van der Waals surface area contributed by atoms with Crippen LogP contribution in [0.5, 0.6) is 0 Å². The summed E-state index contributed by atoms with van der Waals surface area (Å²) in [5, 5.41) is 0. The molecule has 0 aromatic heterocycles. The van der Waals surface area contributed by atoms with Gasteiger partial charge in [0.05, 0.1) is 0 Å². The molecule has 1 rings (SSSR count). The lowest BCUT2D eigenvalue weighted by Gasteiger charge is -2.35. The van der Waals surface area contributed by atoms with Gasteiger partial charge in [-0.3, -0.25) is 0 Å². The van der Waals surface area contributed by atoms with Gasteiger partial charge >= 0.3 is 0 Å². The van der Waals surface area contributed by atoms with Gasteiger partial charge in [-0.05, 0) is 44.2 Å². The van der Waals surface area contributed by atoms with E-state index in [1.807, 2.05) is 6.92 Å². The maximum Gasteiger partial charge on any atom is 0.167 e. The number of hydrogen-bond acceptors (Lipinski definition) is 2.